The van der Waals surface area contributed by atoms with Crippen molar-refractivity contribution in [3.05, 3.63) is 69.7 Å². The summed E-state index contributed by atoms with van der Waals surface area (Å²) in [6, 6.07) is 1.70. The van der Waals surface area contributed by atoms with Crippen LogP contribution in [-0.2, 0) is 17.8 Å². The Kier molecular flexibility index (Phi) is 7.56. The number of anilines is 1. The first-order valence-electron chi connectivity index (χ1n) is 14.8. The monoisotopic (exact) mass is 575 g/mol. The SMILES string of the molecule is C=C(NCc1cc(N(C)C)c2c(c1O)C(=O)C1=C(C)[C@]3(C)C(=C)C(C(N)=O)=C(O)C(N(C)C)[C@@H]3CC1C2)C1CCCN1. The van der Waals surface area contributed by atoms with Gasteiger partial charge in [-0.1, -0.05) is 25.7 Å². The summed E-state index contributed by atoms with van der Waals surface area (Å²) in [6.45, 7) is 13.7. The van der Waals surface area contributed by atoms with Gasteiger partial charge in [0.05, 0.1) is 17.2 Å². The molecule has 6 N–H and O–H groups in total. The number of aliphatic hydroxyl groups is 1. The number of rotatable bonds is 7. The zero-order valence-electron chi connectivity index (χ0n) is 25.7. The number of fused-ring (bicyclic) bond motifs is 3. The number of aliphatic hydroxyl groups excluding tert-OH is 1. The molecule has 1 fully saturated rings. The Morgan fingerprint density at radius 3 is 2.52 bits per heavy atom. The van der Waals surface area contributed by atoms with Crippen LogP contribution in [0.5, 0.6) is 5.75 Å². The number of carbonyl (C=O) groups is 2. The molecule has 3 unspecified atom stereocenters. The van der Waals surface area contributed by atoms with Gasteiger partial charge in [-0.15, -0.1) is 0 Å². The minimum absolute atomic E-state index is 0.00434. The number of aromatic hydroxyl groups is 1. The fraction of sp³-hybridized carbons (Fsp3) is 0.515. The fourth-order valence-corrected chi connectivity index (χ4v) is 8.02. The van der Waals surface area contributed by atoms with Crippen molar-refractivity contribution in [1.82, 2.24) is 15.5 Å². The third-order valence-electron chi connectivity index (χ3n) is 10.4. The van der Waals surface area contributed by atoms with Crippen molar-refractivity contribution in [2.45, 2.75) is 58.2 Å². The lowest BCUT2D eigenvalue weighted by Crippen LogP contribution is -2.54. The first-order chi connectivity index (χ1) is 19.7. The van der Waals surface area contributed by atoms with Gasteiger partial charge in [-0.25, -0.2) is 0 Å². The molecule has 5 atom stereocenters. The second-order valence-corrected chi connectivity index (χ2v) is 13.0. The van der Waals surface area contributed by atoms with E-state index in [1.807, 2.05) is 57.9 Å². The average Bonchev–Trinajstić information content (AvgIpc) is 3.45. The maximum atomic E-state index is 14.5. The minimum atomic E-state index is -0.782. The molecule has 9 nitrogen and oxygen atoms in total. The topological polar surface area (TPSA) is 131 Å². The molecule has 42 heavy (non-hydrogen) atoms. The molecule has 0 bridgehead atoms. The average molecular weight is 576 g/mol. The Labute approximate surface area is 248 Å². The van der Waals surface area contributed by atoms with E-state index in [0.29, 0.717) is 41.7 Å². The number of phenolic OH excluding ortho intramolecular Hbond substituents is 1. The van der Waals surface area contributed by atoms with E-state index in [1.165, 1.54) is 0 Å². The van der Waals surface area contributed by atoms with E-state index in [1.54, 1.807) is 0 Å². The molecule has 5 rings (SSSR count). The lowest BCUT2D eigenvalue weighted by molar-refractivity contribution is -0.115. The number of phenols is 1. The number of Topliss-reactive ketones (excluding diaryl/α,β-unsaturated/α-hetero) is 1. The normalized spacial score (nSPS) is 28.9. The Morgan fingerprint density at radius 1 is 1.26 bits per heavy atom. The van der Waals surface area contributed by atoms with Crippen molar-refractivity contribution in [3.8, 4) is 5.75 Å². The van der Waals surface area contributed by atoms with Crippen LogP contribution in [0.1, 0.15) is 54.6 Å². The number of primary amides is 1. The van der Waals surface area contributed by atoms with Gasteiger partial charge in [0.15, 0.2) is 5.78 Å². The summed E-state index contributed by atoms with van der Waals surface area (Å²) in [5, 5.41) is 29.7. The number of benzene rings is 1. The molecular formula is C33H45N5O4. The molecule has 9 heteroatoms. The predicted molar refractivity (Wildman–Crippen MR) is 165 cm³/mol. The van der Waals surface area contributed by atoms with Crippen molar-refractivity contribution in [3.63, 3.8) is 0 Å². The fourth-order valence-electron chi connectivity index (χ4n) is 8.02. The van der Waals surface area contributed by atoms with E-state index >= 15 is 0 Å². The summed E-state index contributed by atoms with van der Waals surface area (Å²) in [5.41, 5.74) is 10.5. The molecule has 1 aromatic carbocycles. The Bertz CT molecular complexity index is 1450. The van der Waals surface area contributed by atoms with E-state index in [4.69, 9.17) is 5.73 Å². The van der Waals surface area contributed by atoms with E-state index in [9.17, 15) is 19.8 Å². The number of hydrogen-bond donors (Lipinski definition) is 5. The molecule has 226 valence electrons. The molecular weight excluding hydrogens is 530 g/mol. The molecule has 1 heterocycles. The highest BCUT2D eigenvalue weighted by Gasteiger charge is 2.57. The number of amides is 1. The van der Waals surface area contributed by atoms with Crippen LogP contribution in [0.15, 0.2) is 53.0 Å². The maximum Gasteiger partial charge on any atom is 0.252 e. The second-order valence-electron chi connectivity index (χ2n) is 13.0. The quantitative estimate of drug-likeness (QED) is 0.335. The highest BCUT2D eigenvalue weighted by Crippen LogP contribution is 2.60. The number of nitrogens with two attached hydrogens (primary N) is 1. The Balaban J connectivity index is 1.62. The second kappa shape index (κ2) is 10.6. The summed E-state index contributed by atoms with van der Waals surface area (Å²) in [5.74, 6) is -1.24. The van der Waals surface area contributed by atoms with E-state index in [-0.39, 0.29) is 40.7 Å². The third-order valence-corrected chi connectivity index (χ3v) is 10.4. The summed E-state index contributed by atoms with van der Waals surface area (Å²) in [7, 11) is 7.65. The van der Waals surface area contributed by atoms with Crippen LogP contribution in [0.4, 0.5) is 5.69 Å². The zero-order chi connectivity index (χ0) is 30.8. The van der Waals surface area contributed by atoms with Gasteiger partial charge in [0.2, 0.25) is 0 Å². The molecule has 0 aromatic heterocycles. The molecule has 4 aliphatic rings. The van der Waals surface area contributed by atoms with E-state index in [0.717, 1.165) is 41.9 Å². The molecule has 1 amide bonds. The molecule has 1 saturated heterocycles. The minimum Gasteiger partial charge on any atom is -0.510 e. The number of hydrogen-bond acceptors (Lipinski definition) is 8. The standard InChI is InChI=1S/C33H45N5O4/c1-16-25-19(13-22-28(38(7)8)31(41)26(32(34)42)17(2)33(16,22)4)12-21-24(37(5)6)14-20(29(39)27(21)30(25)40)15-36-18(3)23-10-9-11-35-23/h14,19,22-23,28,35-36,39,41H,2-3,9-13,15H2,1,4-8H3,(H2,34,42)/t19?,22-,23?,28?,33+/m0/s1. The summed E-state index contributed by atoms with van der Waals surface area (Å²) < 4.78 is 0. The van der Waals surface area contributed by atoms with Crippen molar-refractivity contribution < 1.29 is 19.8 Å². The number of nitrogens with zero attached hydrogens (tertiary/aromatic N) is 2. The number of allylic oxidation sites excluding steroid dienone is 2. The van der Waals surface area contributed by atoms with Crippen LogP contribution in [0.2, 0.25) is 0 Å². The van der Waals surface area contributed by atoms with Gasteiger partial charge in [-0.05, 0) is 82.3 Å². The summed E-state index contributed by atoms with van der Waals surface area (Å²) in [6.07, 6.45) is 3.30. The van der Waals surface area contributed by atoms with Gasteiger partial charge < -0.3 is 31.5 Å². The van der Waals surface area contributed by atoms with Crippen molar-refractivity contribution in [2.75, 3.05) is 39.6 Å². The predicted octanol–water partition coefficient (Wildman–Crippen LogP) is 3.31. The highest BCUT2D eigenvalue weighted by atomic mass is 16.3. The van der Waals surface area contributed by atoms with E-state index < -0.39 is 17.4 Å². The smallest absolute Gasteiger partial charge is 0.252 e. The summed E-state index contributed by atoms with van der Waals surface area (Å²) >= 11 is 0. The van der Waals surface area contributed by atoms with E-state index in [2.05, 4.69) is 23.8 Å². The molecule has 1 aromatic rings. The van der Waals surface area contributed by atoms with Gasteiger partial charge >= 0.3 is 0 Å². The van der Waals surface area contributed by atoms with Crippen LogP contribution in [0.25, 0.3) is 0 Å². The molecule has 0 saturated carbocycles. The number of ketones is 1. The number of carbonyl (C=O) groups excluding carboxylic acids is 2. The summed E-state index contributed by atoms with van der Waals surface area (Å²) in [4.78, 5) is 30.9. The zero-order valence-corrected chi connectivity index (χ0v) is 25.7. The molecule has 0 spiro atoms. The van der Waals surface area contributed by atoms with Crippen LogP contribution in [0, 0.1) is 17.3 Å². The van der Waals surface area contributed by atoms with Crippen LogP contribution >= 0.6 is 0 Å². The van der Waals surface area contributed by atoms with Gasteiger partial charge in [-0.2, -0.15) is 0 Å². The van der Waals surface area contributed by atoms with Gasteiger partial charge in [0.1, 0.15) is 11.5 Å². The molecule has 3 aliphatic carbocycles. The van der Waals surface area contributed by atoms with Crippen molar-refractivity contribution >= 4 is 17.4 Å². The first kappa shape index (κ1) is 29.9. The molecule has 0 radical (unpaired) electrons. The van der Waals surface area contributed by atoms with Crippen LogP contribution in [0.3, 0.4) is 0 Å². The lowest BCUT2D eigenvalue weighted by atomic mass is 9.51. The van der Waals surface area contributed by atoms with Crippen molar-refractivity contribution in [1.29, 1.82) is 0 Å². The largest absolute Gasteiger partial charge is 0.510 e. The maximum absolute atomic E-state index is 14.5. The number of likely N-dealkylation sites (N-methyl/N-ethyl adjacent to an activating group) is 1. The third kappa shape index (κ3) is 4.36. The van der Waals surface area contributed by atoms with Crippen LogP contribution < -0.4 is 21.3 Å². The van der Waals surface area contributed by atoms with Gasteiger partial charge in [-0.3, -0.25) is 14.5 Å². The van der Waals surface area contributed by atoms with Gasteiger partial charge in [0.25, 0.3) is 5.91 Å². The van der Waals surface area contributed by atoms with Crippen LogP contribution in [-0.4, -0.2) is 73.6 Å². The first-order valence-corrected chi connectivity index (χ1v) is 14.8. The van der Waals surface area contributed by atoms with Crippen molar-refractivity contribution in [2.24, 2.45) is 23.0 Å². The van der Waals surface area contributed by atoms with Gasteiger partial charge in [0, 0.05) is 54.6 Å². The Hall–Kier alpha value is -3.56. The highest BCUT2D eigenvalue weighted by molar-refractivity contribution is 6.15. The molecule has 1 aliphatic heterocycles. The number of nitrogens with one attached hydrogen (secondary N) is 2. The lowest BCUT2D eigenvalue weighted by Gasteiger charge is -2.55. The Morgan fingerprint density at radius 2 is 1.95 bits per heavy atom.